The molecule has 2 aromatic rings. The number of nitrogens with two attached hydrogens (primary N) is 1. The summed E-state index contributed by atoms with van der Waals surface area (Å²) >= 11 is 0.977. The molecule has 7 nitrogen and oxygen atoms in total. The number of rotatable bonds is 7. The first-order valence-electron chi connectivity index (χ1n) is 9.32. The molecule has 0 radical (unpaired) electrons. The Morgan fingerprint density at radius 3 is 2.34 bits per heavy atom. The lowest BCUT2D eigenvalue weighted by molar-refractivity contribution is 0.0783. The van der Waals surface area contributed by atoms with Crippen LogP contribution in [0.15, 0.2) is 21.0 Å². The molecule has 0 bridgehead atoms. The maximum absolute atomic E-state index is 14.4. The fourth-order valence-electron chi connectivity index (χ4n) is 3.00. The molecule has 29 heavy (non-hydrogen) atoms. The lowest BCUT2D eigenvalue weighted by Crippen LogP contribution is -2.20. The molecule has 0 aliphatic heterocycles. The van der Waals surface area contributed by atoms with Crippen molar-refractivity contribution >= 4 is 21.3 Å². The normalized spacial score (nSPS) is 15.6. The first kappa shape index (κ1) is 23.8. The molecule has 2 heterocycles. The van der Waals surface area contributed by atoms with E-state index >= 15 is 0 Å². The van der Waals surface area contributed by atoms with Gasteiger partial charge in [-0.15, -0.1) is 11.3 Å². The summed E-state index contributed by atoms with van der Waals surface area (Å²) in [5, 5.41) is 26.8. The Bertz CT molecular complexity index is 990. The number of aromatic nitrogens is 2. The van der Waals surface area contributed by atoms with Crippen LogP contribution in [0.4, 0.5) is 4.39 Å². The zero-order valence-corrected chi connectivity index (χ0v) is 19.1. The molecule has 0 aromatic carbocycles. The smallest absolute Gasteiger partial charge is 0.216 e. The van der Waals surface area contributed by atoms with Gasteiger partial charge in [0.25, 0.3) is 0 Å². The van der Waals surface area contributed by atoms with Crippen molar-refractivity contribution < 1.29 is 18.8 Å². The molecular weight excluding hydrogens is 415 g/mol. The summed E-state index contributed by atoms with van der Waals surface area (Å²) < 4.78 is 31.3. The highest BCUT2D eigenvalue weighted by molar-refractivity contribution is 7.93. The Kier molecular flexibility index (Phi) is 7.17. The number of thiazole rings is 1. The minimum atomic E-state index is -3.43. The largest absolute Gasteiger partial charge is 0.383 e. The molecule has 0 saturated heterocycles. The summed E-state index contributed by atoms with van der Waals surface area (Å²) in [7, 11) is -3.43. The van der Waals surface area contributed by atoms with Gasteiger partial charge in [0.05, 0.1) is 6.20 Å². The van der Waals surface area contributed by atoms with Crippen LogP contribution in [0.3, 0.4) is 0 Å². The zero-order valence-electron chi connectivity index (χ0n) is 17.5. The van der Waals surface area contributed by atoms with Crippen molar-refractivity contribution in [2.24, 2.45) is 9.50 Å². The summed E-state index contributed by atoms with van der Waals surface area (Å²) in [6.07, 6.45) is 1.32. The number of aliphatic hydroxyl groups is 2. The molecule has 2 rings (SSSR count). The number of aliphatic hydroxyl groups excluding tert-OH is 1. The Balaban J connectivity index is 2.44. The molecule has 0 spiro atoms. The Morgan fingerprint density at radius 1 is 1.24 bits per heavy atom. The lowest BCUT2D eigenvalue weighted by Gasteiger charge is -2.20. The van der Waals surface area contributed by atoms with Crippen molar-refractivity contribution in [1.29, 1.82) is 0 Å². The predicted octanol–water partition coefficient (Wildman–Crippen LogP) is 3.41. The van der Waals surface area contributed by atoms with E-state index in [1.165, 1.54) is 12.4 Å². The third-order valence-electron chi connectivity index (χ3n) is 4.37. The van der Waals surface area contributed by atoms with Crippen molar-refractivity contribution in [3.8, 4) is 0 Å². The standard InChI is InChI=1S/C19H29FN4O3S2/c1-10(2)13-8-22-17(20)16(11(3)4)12(13)7-14(25)24-29(21,27)15-9-23-18(28-15)19(5,6)26/h8-11,14,25-26H,7H2,1-6H3,(H2,21,24,27). The van der Waals surface area contributed by atoms with Gasteiger partial charge in [-0.2, -0.15) is 8.75 Å². The Morgan fingerprint density at radius 2 is 1.86 bits per heavy atom. The first-order chi connectivity index (χ1) is 13.2. The van der Waals surface area contributed by atoms with E-state index in [4.69, 9.17) is 5.14 Å². The average Bonchev–Trinajstić information content (AvgIpc) is 3.04. The third kappa shape index (κ3) is 5.58. The maximum Gasteiger partial charge on any atom is 0.216 e. The molecule has 4 N–H and O–H groups in total. The van der Waals surface area contributed by atoms with Gasteiger partial charge < -0.3 is 10.2 Å². The van der Waals surface area contributed by atoms with Gasteiger partial charge in [-0.05, 0) is 36.8 Å². The van der Waals surface area contributed by atoms with Crippen molar-refractivity contribution in [2.75, 3.05) is 0 Å². The molecule has 0 amide bonds. The summed E-state index contributed by atoms with van der Waals surface area (Å²) in [6, 6.07) is 0. The summed E-state index contributed by atoms with van der Waals surface area (Å²) in [5.74, 6) is -0.681. The van der Waals surface area contributed by atoms with Gasteiger partial charge in [0, 0.05) is 18.2 Å². The number of pyridine rings is 1. The van der Waals surface area contributed by atoms with E-state index in [0.29, 0.717) is 16.1 Å². The number of nitrogens with zero attached hydrogens (tertiary/aromatic N) is 3. The van der Waals surface area contributed by atoms with Crippen molar-refractivity contribution in [3.05, 3.63) is 40.0 Å². The van der Waals surface area contributed by atoms with Gasteiger partial charge in [0.15, 0.2) is 6.23 Å². The molecule has 2 unspecified atom stereocenters. The molecular formula is C19H29FN4O3S2. The molecule has 0 aliphatic carbocycles. The van der Waals surface area contributed by atoms with E-state index in [1.807, 2.05) is 27.7 Å². The molecule has 162 valence electrons. The Hall–Kier alpha value is -1.46. The van der Waals surface area contributed by atoms with Crippen LogP contribution < -0.4 is 5.14 Å². The minimum Gasteiger partial charge on any atom is -0.383 e. The van der Waals surface area contributed by atoms with Crippen LogP contribution in [0.25, 0.3) is 0 Å². The number of hydrogen-bond donors (Lipinski definition) is 3. The topological polar surface area (TPSA) is 122 Å². The average molecular weight is 445 g/mol. The van der Waals surface area contributed by atoms with Crippen LogP contribution >= 0.6 is 11.3 Å². The van der Waals surface area contributed by atoms with Gasteiger partial charge >= 0.3 is 0 Å². The van der Waals surface area contributed by atoms with E-state index in [9.17, 15) is 18.8 Å². The van der Waals surface area contributed by atoms with Crippen LogP contribution in [0.1, 0.15) is 75.1 Å². The van der Waals surface area contributed by atoms with Gasteiger partial charge in [-0.25, -0.2) is 19.3 Å². The zero-order chi connectivity index (χ0) is 22.1. The van der Waals surface area contributed by atoms with Crippen LogP contribution in [-0.2, 0) is 21.9 Å². The van der Waals surface area contributed by atoms with Gasteiger partial charge in [-0.3, -0.25) is 0 Å². The molecule has 0 aliphatic rings. The molecule has 0 saturated carbocycles. The fraction of sp³-hybridized carbons (Fsp3) is 0.579. The molecule has 2 aromatic heterocycles. The van der Waals surface area contributed by atoms with E-state index in [1.54, 1.807) is 13.8 Å². The van der Waals surface area contributed by atoms with Crippen LogP contribution in [0.5, 0.6) is 0 Å². The van der Waals surface area contributed by atoms with Gasteiger partial charge in [-0.1, -0.05) is 27.7 Å². The second kappa shape index (κ2) is 8.73. The highest BCUT2D eigenvalue weighted by Gasteiger charge is 2.25. The maximum atomic E-state index is 14.4. The van der Waals surface area contributed by atoms with Crippen LogP contribution in [0.2, 0.25) is 0 Å². The fourth-order valence-corrected chi connectivity index (χ4v) is 5.23. The second-order valence-corrected chi connectivity index (χ2v) is 11.2. The highest BCUT2D eigenvalue weighted by Crippen LogP contribution is 2.31. The van der Waals surface area contributed by atoms with Crippen LogP contribution in [-0.4, -0.2) is 30.6 Å². The van der Waals surface area contributed by atoms with Crippen molar-refractivity contribution in [1.82, 2.24) is 9.97 Å². The quantitative estimate of drug-likeness (QED) is 0.565. The van der Waals surface area contributed by atoms with Gasteiger partial charge in [0.2, 0.25) is 5.95 Å². The summed E-state index contributed by atoms with van der Waals surface area (Å²) in [4.78, 5) is 7.89. The number of halogens is 1. The highest BCUT2D eigenvalue weighted by atomic mass is 32.2. The van der Waals surface area contributed by atoms with E-state index < -0.39 is 27.7 Å². The second-order valence-electron chi connectivity index (χ2n) is 8.11. The van der Waals surface area contributed by atoms with Crippen molar-refractivity contribution in [2.45, 2.75) is 75.8 Å². The number of hydrogen-bond acceptors (Lipinski definition) is 7. The SMILES string of the molecule is CC(C)c1cnc(F)c(C(C)C)c1CC(O)N=S(N)(=O)c1cnc(C(C)(C)O)s1. The summed E-state index contributed by atoms with van der Waals surface area (Å²) in [6.45, 7) is 10.7. The van der Waals surface area contributed by atoms with E-state index in [0.717, 1.165) is 16.9 Å². The van der Waals surface area contributed by atoms with Crippen molar-refractivity contribution in [3.63, 3.8) is 0 Å². The van der Waals surface area contributed by atoms with E-state index in [-0.39, 0.29) is 22.5 Å². The summed E-state index contributed by atoms with van der Waals surface area (Å²) in [5.41, 5.74) is 0.616. The third-order valence-corrected chi connectivity index (χ3v) is 7.68. The van der Waals surface area contributed by atoms with Crippen LogP contribution in [0, 0.1) is 5.95 Å². The molecule has 0 fully saturated rings. The molecule has 2 atom stereocenters. The minimum absolute atomic E-state index is 0.0359. The predicted molar refractivity (Wildman–Crippen MR) is 112 cm³/mol. The first-order valence-corrected chi connectivity index (χ1v) is 11.7. The van der Waals surface area contributed by atoms with E-state index in [2.05, 4.69) is 14.3 Å². The lowest BCUT2D eigenvalue weighted by atomic mass is 9.89. The Labute approximate surface area is 175 Å². The monoisotopic (exact) mass is 444 g/mol. The molecule has 10 heteroatoms. The van der Waals surface area contributed by atoms with Gasteiger partial charge in [0.1, 0.15) is 24.7 Å².